The number of nitrogens with zero attached hydrogens (tertiary/aromatic N) is 1. The van der Waals surface area contributed by atoms with Crippen LogP contribution in [0.4, 0.5) is 0 Å². The molecule has 0 radical (unpaired) electrons. The topological polar surface area (TPSA) is 81.2 Å². The molecule has 1 heterocycles. The third kappa shape index (κ3) is 4.44. The van der Waals surface area contributed by atoms with Crippen LogP contribution in [0.1, 0.15) is 38.3 Å². The summed E-state index contributed by atoms with van der Waals surface area (Å²) in [5.74, 6) is 1.36. The zero-order valence-electron chi connectivity index (χ0n) is 9.82. The third-order valence-electron chi connectivity index (χ3n) is 2.21. The summed E-state index contributed by atoms with van der Waals surface area (Å²) in [5.41, 5.74) is 5.56. The zero-order valence-corrected chi connectivity index (χ0v) is 9.82. The number of oxazole rings is 1. The lowest BCUT2D eigenvalue weighted by atomic mass is 10.2. The third-order valence-corrected chi connectivity index (χ3v) is 2.21. The highest BCUT2D eigenvalue weighted by Crippen LogP contribution is 2.03. The van der Waals surface area contributed by atoms with Gasteiger partial charge in [-0.2, -0.15) is 0 Å². The predicted octanol–water partition coefficient (Wildman–Crippen LogP) is 0.981. The maximum atomic E-state index is 11.4. The first-order chi connectivity index (χ1) is 7.61. The van der Waals surface area contributed by atoms with Crippen molar-refractivity contribution in [1.29, 1.82) is 0 Å². The normalized spacial score (nSPS) is 12.4. The molecule has 1 rings (SSSR count). The van der Waals surface area contributed by atoms with Crippen LogP contribution in [0.15, 0.2) is 10.6 Å². The Kier molecular flexibility index (Phi) is 4.98. The number of rotatable bonds is 6. The van der Waals surface area contributed by atoms with Crippen LogP contribution in [0.2, 0.25) is 0 Å². The molecule has 5 nitrogen and oxygen atoms in total. The van der Waals surface area contributed by atoms with Crippen molar-refractivity contribution in [1.82, 2.24) is 10.3 Å². The first kappa shape index (κ1) is 12.7. The summed E-state index contributed by atoms with van der Waals surface area (Å²) < 4.78 is 5.36. The molecule has 3 N–H and O–H groups in total. The Morgan fingerprint density at radius 1 is 1.69 bits per heavy atom. The molecule has 0 aliphatic carbocycles. The van der Waals surface area contributed by atoms with Crippen molar-refractivity contribution < 1.29 is 9.21 Å². The zero-order chi connectivity index (χ0) is 12.0. The summed E-state index contributed by atoms with van der Waals surface area (Å²) in [5, 5.41) is 2.74. The van der Waals surface area contributed by atoms with Gasteiger partial charge in [-0.15, -0.1) is 0 Å². The maximum absolute atomic E-state index is 11.4. The van der Waals surface area contributed by atoms with E-state index in [4.69, 9.17) is 10.2 Å². The molecule has 0 saturated heterocycles. The fourth-order valence-electron chi connectivity index (χ4n) is 1.21. The van der Waals surface area contributed by atoms with E-state index in [0.717, 1.165) is 12.2 Å². The Bertz CT molecular complexity index is 334. The SMILES string of the molecule is CCc1cnc(CNC(=O)CCC(C)N)o1. The molecule has 1 unspecified atom stereocenters. The number of nitrogens with two attached hydrogens (primary N) is 1. The molecule has 0 aliphatic heterocycles. The number of aryl methyl sites for hydroxylation is 1. The summed E-state index contributed by atoms with van der Waals surface area (Å²) in [6.45, 7) is 4.22. The van der Waals surface area contributed by atoms with Gasteiger partial charge in [0.25, 0.3) is 0 Å². The number of hydrogen-bond donors (Lipinski definition) is 2. The van der Waals surface area contributed by atoms with Crippen molar-refractivity contribution in [3.63, 3.8) is 0 Å². The van der Waals surface area contributed by atoms with Gasteiger partial charge in [0.05, 0.1) is 12.7 Å². The van der Waals surface area contributed by atoms with Crippen molar-refractivity contribution >= 4 is 5.91 Å². The molecule has 0 saturated carbocycles. The number of nitrogens with one attached hydrogen (secondary N) is 1. The van der Waals surface area contributed by atoms with Crippen molar-refractivity contribution in [2.75, 3.05) is 0 Å². The van der Waals surface area contributed by atoms with Crippen LogP contribution in [0.25, 0.3) is 0 Å². The highest BCUT2D eigenvalue weighted by atomic mass is 16.4. The Morgan fingerprint density at radius 2 is 2.44 bits per heavy atom. The molecule has 0 aromatic carbocycles. The number of aromatic nitrogens is 1. The van der Waals surface area contributed by atoms with Gasteiger partial charge in [-0.1, -0.05) is 6.92 Å². The molecule has 0 bridgehead atoms. The first-order valence-electron chi connectivity index (χ1n) is 5.57. The number of hydrogen-bond acceptors (Lipinski definition) is 4. The fourth-order valence-corrected chi connectivity index (χ4v) is 1.21. The lowest BCUT2D eigenvalue weighted by molar-refractivity contribution is -0.121. The van der Waals surface area contributed by atoms with Gasteiger partial charge in [-0.05, 0) is 13.3 Å². The van der Waals surface area contributed by atoms with E-state index in [9.17, 15) is 4.79 Å². The van der Waals surface area contributed by atoms with Gasteiger partial charge in [0.1, 0.15) is 5.76 Å². The largest absolute Gasteiger partial charge is 0.444 e. The van der Waals surface area contributed by atoms with Crippen LogP contribution in [-0.4, -0.2) is 16.9 Å². The van der Waals surface area contributed by atoms with Crippen LogP contribution in [0, 0.1) is 0 Å². The fraction of sp³-hybridized carbons (Fsp3) is 0.636. The average molecular weight is 225 g/mol. The molecule has 1 atom stereocenters. The maximum Gasteiger partial charge on any atom is 0.220 e. The van der Waals surface area contributed by atoms with Crippen LogP contribution in [0.5, 0.6) is 0 Å². The van der Waals surface area contributed by atoms with E-state index in [0.29, 0.717) is 25.3 Å². The number of amides is 1. The molecular weight excluding hydrogens is 206 g/mol. The van der Waals surface area contributed by atoms with Crippen LogP contribution in [0.3, 0.4) is 0 Å². The second-order valence-electron chi connectivity index (χ2n) is 3.87. The Labute approximate surface area is 95.4 Å². The van der Waals surface area contributed by atoms with Crippen LogP contribution < -0.4 is 11.1 Å². The van der Waals surface area contributed by atoms with Gasteiger partial charge in [0.2, 0.25) is 11.8 Å². The van der Waals surface area contributed by atoms with Gasteiger partial charge in [-0.3, -0.25) is 4.79 Å². The summed E-state index contributed by atoms with van der Waals surface area (Å²) in [6, 6.07) is 0.0548. The van der Waals surface area contributed by atoms with E-state index in [1.807, 2.05) is 13.8 Å². The van der Waals surface area contributed by atoms with E-state index in [2.05, 4.69) is 10.3 Å². The summed E-state index contributed by atoms with van der Waals surface area (Å²) in [7, 11) is 0. The highest BCUT2D eigenvalue weighted by Gasteiger charge is 2.06. The van der Waals surface area contributed by atoms with Crippen molar-refractivity contribution in [3.05, 3.63) is 17.8 Å². The standard InChI is InChI=1S/C11H19N3O2/c1-3-9-6-14-11(16-9)7-13-10(15)5-4-8(2)12/h6,8H,3-5,7,12H2,1-2H3,(H,13,15). The Hall–Kier alpha value is -1.36. The van der Waals surface area contributed by atoms with E-state index in [1.165, 1.54) is 0 Å². The second kappa shape index (κ2) is 6.27. The molecule has 0 aliphatic rings. The van der Waals surface area contributed by atoms with Crippen molar-refractivity contribution in [2.24, 2.45) is 5.73 Å². The van der Waals surface area contributed by atoms with Crippen LogP contribution in [-0.2, 0) is 17.8 Å². The molecule has 90 valence electrons. The van der Waals surface area contributed by atoms with E-state index >= 15 is 0 Å². The molecule has 16 heavy (non-hydrogen) atoms. The first-order valence-corrected chi connectivity index (χ1v) is 5.57. The Morgan fingerprint density at radius 3 is 3.00 bits per heavy atom. The quantitative estimate of drug-likeness (QED) is 0.756. The van der Waals surface area contributed by atoms with Gasteiger partial charge in [0.15, 0.2) is 0 Å². The highest BCUT2D eigenvalue weighted by molar-refractivity contribution is 5.75. The van der Waals surface area contributed by atoms with E-state index < -0.39 is 0 Å². The lowest BCUT2D eigenvalue weighted by Gasteiger charge is -2.04. The molecule has 0 spiro atoms. The second-order valence-corrected chi connectivity index (χ2v) is 3.87. The molecule has 1 aromatic heterocycles. The molecule has 1 aromatic rings. The van der Waals surface area contributed by atoms with Gasteiger partial charge in [-0.25, -0.2) is 4.98 Å². The number of carbonyl (C=O) groups is 1. The smallest absolute Gasteiger partial charge is 0.220 e. The van der Waals surface area contributed by atoms with Gasteiger partial charge >= 0.3 is 0 Å². The Balaban J connectivity index is 2.26. The lowest BCUT2D eigenvalue weighted by Crippen LogP contribution is -2.25. The van der Waals surface area contributed by atoms with E-state index in [1.54, 1.807) is 6.20 Å². The van der Waals surface area contributed by atoms with Gasteiger partial charge in [0, 0.05) is 18.9 Å². The molecular formula is C11H19N3O2. The van der Waals surface area contributed by atoms with E-state index in [-0.39, 0.29) is 11.9 Å². The minimum absolute atomic E-state index is 0.0199. The summed E-state index contributed by atoms with van der Waals surface area (Å²) >= 11 is 0. The van der Waals surface area contributed by atoms with Crippen molar-refractivity contribution in [3.8, 4) is 0 Å². The summed E-state index contributed by atoms with van der Waals surface area (Å²) in [6.07, 6.45) is 3.63. The van der Waals surface area contributed by atoms with Gasteiger partial charge < -0.3 is 15.5 Å². The predicted molar refractivity (Wildman–Crippen MR) is 60.6 cm³/mol. The average Bonchev–Trinajstić information content (AvgIpc) is 2.71. The van der Waals surface area contributed by atoms with Crippen LogP contribution >= 0.6 is 0 Å². The molecule has 1 amide bonds. The monoisotopic (exact) mass is 225 g/mol. The van der Waals surface area contributed by atoms with Crippen molar-refractivity contribution in [2.45, 2.75) is 45.7 Å². The molecule has 0 fully saturated rings. The minimum atomic E-state index is -0.0199. The molecule has 5 heteroatoms. The number of carbonyl (C=O) groups excluding carboxylic acids is 1. The minimum Gasteiger partial charge on any atom is -0.444 e. The summed E-state index contributed by atoms with van der Waals surface area (Å²) in [4.78, 5) is 15.4.